The van der Waals surface area contributed by atoms with E-state index in [4.69, 9.17) is 9.47 Å². The summed E-state index contributed by atoms with van der Waals surface area (Å²) in [6.45, 7) is 7.99. The van der Waals surface area contributed by atoms with Gasteiger partial charge in [-0.25, -0.2) is 18.0 Å². The number of allylic oxidation sites excluding steroid dienone is 1. The SMILES string of the molecule is C=C[C@@H]1C[C@]1(NC(=O)[C@@H]1C[C@@H]2CN1C(=O)[C@H](C(C)C)NC(=O)OCCC/C=C/c1cccc3c1CCN(C3)C(=O)O2)C(=O)NS(=O)(=O)C1CC1. The van der Waals surface area contributed by atoms with Crippen molar-refractivity contribution in [3.05, 3.63) is 53.6 Å². The Morgan fingerprint density at radius 3 is 2.66 bits per heavy atom. The Morgan fingerprint density at radius 2 is 1.96 bits per heavy atom. The lowest BCUT2D eigenvalue weighted by molar-refractivity contribution is -0.141. The second-order valence-corrected chi connectivity index (χ2v) is 16.1. The number of fused-ring (bicyclic) bond motifs is 10. The van der Waals surface area contributed by atoms with Gasteiger partial charge in [0.15, 0.2) is 0 Å². The molecule has 3 N–H and O–H groups in total. The molecule has 1 aromatic carbocycles. The molecular weight excluding hydrogens is 666 g/mol. The first kappa shape index (κ1) is 35.4. The highest BCUT2D eigenvalue weighted by atomic mass is 32.2. The Hall–Kier alpha value is -4.40. The first-order valence-corrected chi connectivity index (χ1v) is 18.8. The lowest BCUT2D eigenvalue weighted by Crippen LogP contribution is -2.59. The van der Waals surface area contributed by atoms with E-state index in [9.17, 15) is 32.4 Å². The molecule has 0 aromatic heterocycles. The van der Waals surface area contributed by atoms with Gasteiger partial charge in [0.2, 0.25) is 21.8 Å². The van der Waals surface area contributed by atoms with Crippen LogP contribution in [0.25, 0.3) is 6.08 Å². The maximum Gasteiger partial charge on any atom is 0.410 e. The molecule has 5 atom stereocenters. The summed E-state index contributed by atoms with van der Waals surface area (Å²) in [5.41, 5.74) is 1.64. The highest BCUT2D eigenvalue weighted by Crippen LogP contribution is 2.45. The molecule has 50 heavy (non-hydrogen) atoms. The van der Waals surface area contributed by atoms with Crippen molar-refractivity contribution < 1.29 is 41.9 Å². The van der Waals surface area contributed by atoms with Crippen molar-refractivity contribution in [1.82, 2.24) is 25.2 Å². The van der Waals surface area contributed by atoms with E-state index < -0.39 is 80.7 Å². The van der Waals surface area contributed by atoms with Crippen molar-refractivity contribution in [1.29, 1.82) is 0 Å². The van der Waals surface area contributed by atoms with Crippen LogP contribution in [0.3, 0.4) is 0 Å². The van der Waals surface area contributed by atoms with Gasteiger partial charge >= 0.3 is 12.2 Å². The molecule has 6 bridgehead atoms. The zero-order valence-electron chi connectivity index (χ0n) is 28.4. The fourth-order valence-corrected chi connectivity index (χ4v) is 8.36. The highest BCUT2D eigenvalue weighted by Gasteiger charge is 2.62. The van der Waals surface area contributed by atoms with E-state index in [2.05, 4.69) is 21.9 Å². The Labute approximate surface area is 292 Å². The van der Waals surface area contributed by atoms with Gasteiger partial charge in [-0.15, -0.1) is 6.58 Å². The van der Waals surface area contributed by atoms with Crippen LogP contribution in [0.5, 0.6) is 0 Å². The van der Waals surface area contributed by atoms with Crippen LogP contribution in [-0.2, 0) is 46.8 Å². The summed E-state index contributed by atoms with van der Waals surface area (Å²) in [5.74, 6) is -3.10. The number of hydrogen-bond donors (Lipinski definition) is 3. The number of carbonyl (C=O) groups is 5. The number of benzene rings is 1. The zero-order valence-corrected chi connectivity index (χ0v) is 29.2. The minimum Gasteiger partial charge on any atom is -0.450 e. The molecule has 1 saturated heterocycles. The number of alkyl carbamates (subject to hydrolysis) is 1. The average Bonchev–Trinajstić information content (AvgIpc) is 4.01. The van der Waals surface area contributed by atoms with E-state index in [-0.39, 0.29) is 26.0 Å². The van der Waals surface area contributed by atoms with Gasteiger partial charge in [0.1, 0.15) is 23.7 Å². The van der Waals surface area contributed by atoms with E-state index in [1.165, 1.54) is 11.0 Å². The average molecular weight is 712 g/mol. The van der Waals surface area contributed by atoms with Gasteiger partial charge in [0.05, 0.1) is 18.4 Å². The third-order valence-corrected chi connectivity index (χ3v) is 12.0. The summed E-state index contributed by atoms with van der Waals surface area (Å²) >= 11 is 0. The van der Waals surface area contributed by atoms with Gasteiger partial charge in [0, 0.05) is 25.4 Å². The molecule has 15 heteroatoms. The molecule has 1 aromatic rings. The number of amides is 5. The normalized spacial score (nSPS) is 29.4. The van der Waals surface area contributed by atoms with Gasteiger partial charge in [0.25, 0.3) is 5.91 Å². The molecule has 14 nitrogen and oxygen atoms in total. The van der Waals surface area contributed by atoms with Crippen LogP contribution in [0, 0.1) is 11.8 Å². The van der Waals surface area contributed by atoms with Crippen molar-refractivity contribution in [3.8, 4) is 0 Å². The van der Waals surface area contributed by atoms with Crippen LogP contribution in [0.4, 0.5) is 9.59 Å². The summed E-state index contributed by atoms with van der Waals surface area (Å²) in [6, 6.07) is 3.67. The van der Waals surface area contributed by atoms with Crippen LogP contribution in [0.1, 0.15) is 69.1 Å². The summed E-state index contributed by atoms with van der Waals surface area (Å²) in [5, 5.41) is 4.72. The standard InChI is InChI=1S/C35H45N5O9S/c1-4-24-18-35(24,32(43)38-50(46,47)26-12-13-26)37-30(41)28-17-25-20-40(28)31(42)29(21(2)3)36-33(44)48-16-7-5-6-9-22-10-8-11-23-19-39(34(45)49-25)15-14-27(22)23/h4,6,8-11,21,24-26,28-29H,1,5,7,12-20H2,2-3H3,(H,36,44)(H,37,41)(H,38,43)/b9-6+/t24-,25-,28+,29+,35-/m1/s1. The molecule has 2 saturated carbocycles. The minimum absolute atomic E-state index is 0.0746. The maximum absolute atomic E-state index is 14.1. The quantitative estimate of drug-likeness (QED) is 0.358. The largest absolute Gasteiger partial charge is 0.450 e. The molecule has 6 aliphatic rings. The monoisotopic (exact) mass is 711 g/mol. The maximum atomic E-state index is 14.1. The zero-order chi connectivity index (χ0) is 35.8. The first-order chi connectivity index (χ1) is 23.8. The molecule has 7 rings (SSSR count). The predicted octanol–water partition coefficient (Wildman–Crippen LogP) is 2.38. The molecule has 0 radical (unpaired) electrons. The Bertz CT molecular complexity index is 1710. The molecular formula is C35H45N5O9S. The van der Waals surface area contributed by atoms with Gasteiger partial charge in [-0.05, 0) is 61.1 Å². The predicted molar refractivity (Wildman–Crippen MR) is 182 cm³/mol. The third kappa shape index (κ3) is 7.37. The van der Waals surface area contributed by atoms with E-state index >= 15 is 0 Å². The fourth-order valence-electron chi connectivity index (χ4n) is 7.00. The lowest BCUT2D eigenvalue weighted by atomic mass is 9.94. The molecule has 270 valence electrons. The van der Waals surface area contributed by atoms with Crippen molar-refractivity contribution in [2.24, 2.45) is 11.8 Å². The topological polar surface area (TPSA) is 181 Å². The molecule has 5 amide bonds. The molecule has 0 unspecified atom stereocenters. The molecule has 3 fully saturated rings. The molecule has 2 aliphatic carbocycles. The summed E-state index contributed by atoms with van der Waals surface area (Å²) in [4.78, 5) is 70.7. The van der Waals surface area contributed by atoms with Crippen LogP contribution in [0.2, 0.25) is 0 Å². The third-order valence-electron chi connectivity index (χ3n) is 10.2. The number of nitrogens with one attached hydrogen (secondary N) is 3. The van der Waals surface area contributed by atoms with Crippen molar-refractivity contribution in [2.75, 3.05) is 19.7 Å². The lowest BCUT2D eigenvalue weighted by Gasteiger charge is -2.31. The summed E-state index contributed by atoms with van der Waals surface area (Å²) in [6.07, 6.45) is 6.10. The van der Waals surface area contributed by atoms with E-state index in [0.29, 0.717) is 45.2 Å². The molecule has 4 heterocycles. The Kier molecular flexibility index (Phi) is 9.98. The van der Waals surface area contributed by atoms with E-state index in [1.54, 1.807) is 18.7 Å². The van der Waals surface area contributed by atoms with Crippen LogP contribution in [-0.4, -0.2) is 96.8 Å². The first-order valence-electron chi connectivity index (χ1n) is 17.3. The van der Waals surface area contributed by atoms with Crippen molar-refractivity contribution in [3.63, 3.8) is 0 Å². The van der Waals surface area contributed by atoms with Crippen molar-refractivity contribution in [2.45, 2.75) is 94.3 Å². The van der Waals surface area contributed by atoms with Gasteiger partial charge in [-0.2, -0.15) is 0 Å². The Morgan fingerprint density at radius 1 is 1.18 bits per heavy atom. The number of hydrogen-bond acceptors (Lipinski definition) is 9. The number of rotatable bonds is 7. The molecule has 0 spiro atoms. The number of nitrogens with zero attached hydrogens (tertiary/aromatic N) is 2. The molecule has 4 aliphatic heterocycles. The number of ether oxygens (including phenoxy) is 2. The van der Waals surface area contributed by atoms with Crippen LogP contribution in [0.15, 0.2) is 36.9 Å². The van der Waals surface area contributed by atoms with E-state index in [0.717, 1.165) is 16.7 Å². The second-order valence-electron chi connectivity index (χ2n) is 14.1. The van der Waals surface area contributed by atoms with Gasteiger partial charge < -0.3 is 29.9 Å². The summed E-state index contributed by atoms with van der Waals surface area (Å²) in [7, 11) is -3.90. The Balaban J connectivity index is 1.26. The smallest absolute Gasteiger partial charge is 0.410 e. The van der Waals surface area contributed by atoms with Crippen LogP contribution < -0.4 is 15.4 Å². The van der Waals surface area contributed by atoms with Gasteiger partial charge in [-0.3, -0.25) is 19.1 Å². The second kappa shape index (κ2) is 14.1. The summed E-state index contributed by atoms with van der Waals surface area (Å²) < 4.78 is 38.6. The highest BCUT2D eigenvalue weighted by molar-refractivity contribution is 7.91. The van der Waals surface area contributed by atoms with Crippen molar-refractivity contribution >= 4 is 46.0 Å². The number of sulfonamides is 1. The van der Waals surface area contributed by atoms with E-state index in [1.807, 2.05) is 30.4 Å². The van der Waals surface area contributed by atoms with Gasteiger partial charge in [-0.1, -0.05) is 50.3 Å². The van der Waals surface area contributed by atoms with Crippen LogP contribution >= 0.6 is 0 Å². The number of carbonyl (C=O) groups excluding carboxylic acids is 5. The minimum atomic E-state index is -3.90. The fraction of sp³-hybridized carbons (Fsp3) is 0.571.